The van der Waals surface area contributed by atoms with E-state index in [0.29, 0.717) is 10.8 Å². The first-order chi connectivity index (χ1) is 13.2. The summed E-state index contributed by atoms with van der Waals surface area (Å²) in [5, 5.41) is 7.66. The summed E-state index contributed by atoms with van der Waals surface area (Å²) in [6, 6.07) is 18.8. The molecular formula is C20H14ClN5O. The van der Waals surface area contributed by atoms with E-state index in [9.17, 15) is 4.79 Å². The number of carbonyl (C=O) groups excluding carboxylic acids is 1. The van der Waals surface area contributed by atoms with Crippen LogP contribution in [0.2, 0.25) is 5.02 Å². The van der Waals surface area contributed by atoms with Crippen LogP contribution >= 0.6 is 11.6 Å². The smallest absolute Gasteiger partial charge is 0.254 e. The van der Waals surface area contributed by atoms with E-state index >= 15 is 0 Å². The van der Waals surface area contributed by atoms with Crippen molar-refractivity contribution in [1.29, 1.82) is 0 Å². The van der Waals surface area contributed by atoms with Crippen molar-refractivity contribution in [2.45, 2.75) is 0 Å². The number of carbonyl (C=O) groups is 1. The molecule has 2 heterocycles. The lowest BCUT2D eigenvalue weighted by atomic mass is 10.1. The molecule has 0 unspecified atom stereocenters. The molecule has 27 heavy (non-hydrogen) atoms. The molecule has 0 saturated heterocycles. The number of rotatable bonds is 4. The molecule has 2 aromatic heterocycles. The van der Waals surface area contributed by atoms with Crippen molar-refractivity contribution in [2.24, 2.45) is 0 Å². The van der Waals surface area contributed by atoms with Crippen LogP contribution < -0.4 is 5.32 Å². The van der Waals surface area contributed by atoms with Crippen LogP contribution in [-0.4, -0.2) is 25.5 Å². The van der Waals surface area contributed by atoms with Gasteiger partial charge in [-0.25, -0.2) is 4.98 Å². The molecule has 0 saturated carbocycles. The molecule has 0 aliphatic heterocycles. The summed E-state index contributed by atoms with van der Waals surface area (Å²) in [5.41, 5.74) is 2.69. The van der Waals surface area contributed by atoms with E-state index in [-0.39, 0.29) is 11.9 Å². The summed E-state index contributed by atoms with van der Waals surface area (Å²) in [5.74, 6) is 0.270. The van der Waals surface area contributed by atoms with Crippen molar-refractivity contribution < 1.29 is 4.79 Å². The van der Waals surface area contributed by atoms with Crippen molar-refractivity contribution in [2.75, 3.05) is 5.32 Å². The van der Waals surface area contributed by atoms with E-state index in [2.05, 4.69) is 20.4 Å². The van der Waals surface area contributed by atoms with Gasteiger partial charge in [0.1, 0.15) is 0 Å². The largest absolute Gasteiger partial charge is 0.290 e. The van der Waals surface area contributed by atoms with Crippen LogP contribution in [0.25, 0.3) is 23.1 Å². The Morgan fingerprint density at radius 3 is 2.59 bits per heavy atom. The van der Waals surface area contributed by atoms with Gasteiger partial charge in [0.25, 0.3) is 17.6 Å². The minimum Gasteiger partial charge on any atom is -0.290 e. The summed E-state index contributed by atoms with van der Waals surface area (Å²) in [7, 11) is 0. The zero-order valence-electron chi connectivity index (χ0n) is 14.1. The Labute approximate surface area is 160 Å². The highest BCUT2D eigenvalue weighted by Gasteiger charge is 2.10. The Hall–Kier alpha value is -3.51. The number of amides is 1. The van der Waals surface area contributed by atoms with Crippen molar-refractivity contribution >= 4 is 35.3 Å². The lowest BCUT2D eigenvalue weighted by Crippen LogP contribution is -2.09. The van der Waals surface area contributed by atoms with Gasteiger partial charge in [0.2, 0.25) is 0 Å². The number of anilines is 1. The quantitative estimate of drug-likeness (QED) is 0.545. The monoisotopic (exact) mass is 375 g/mol. The Morgan fingerprint density at radius 1 is 1.04 bits per heavy atom. The molecule has 1 N–H and O–H groups in total. The van der Waals surface area contributed by atoms with Crippen LogP contribution in [0.4, 0.5) is 5.95 Å². The van der Waals surface area contributed by atoms with Crippen molar-refractivity contribution in [3.05, 3.63) is 83.5 Å². The Morgan fingerprint density at radius 2 is 1.81 bits per heavy atom. The molecule has 0 spiro atoms. The SMILES string of the molecule is O=C(C=Cc1ccc(Cl)cc1)Nc1nc2nccc(-c3ccccc3)n2n1. The second kappa shape index (κ2) is 7.39. The van der Waals surface area contributed by atoms with Gasteiger partial charge in [-0.3, -0.25) is 10.1 Å². The van der Waals surface area contributed by atoms with Gasteiger partial charge in [-0.1, -0.05) is 54.1 Å². The topological polar surface area (TPSA) is 72.2 Å². The second-order valence-corrected chi connectivity index (χ2v) is 6.15. The lowest BCUT2D eigenvalue weighted by Gasteiger charge is -2.02. The van der Waals surface area contributed by atoms with Gasteiger partial charge in [0.05, 0.1) is 5.69 Å². The van der Waals surface area contributed by atoms with E-state index in [1.165, 1.54) is 6.08 Å². The number of fused-ring (bicyclic) bond motifs is 1. The third kappa shape index (κ3) is 3.86. The summed E-state index contributed by atoms with van der Waals surface area (Å²) >= 11 is 5.85. The highest BCUT2D eigenvalue weighted by atomic mass is 35.5. The maximum atomic E-state index is 12.2. The normalized spacial score (nSPS) is 11.1. The van der Waals surface area contributed by atoms with Crippen LogP contribution in [0, 0.1) is 0 Å². The van der Waals surface area contributed by atoms with Gasteiger partial charge in [-0.15, -0.1) is 5.10 Å². The van der Waals surface area contributed by atoms with Crippen molar-refractivity contribution in [1.82, 2.24) is 19.6 Å². The van der Waals surface area contributed by atoms with Gasteiger partial charge in [0.15, 0.2) is 0 Å². The minimum absolute atomic E-state index is 0.191. The Balaban J connectivity index is 1.56. The maximum absolute atomic E-state index is 12.2. The summed E-state index contributed by atoms with van der Waals surface area (Å²) < 4.78 is 1.61. The number of hydrogen-bond donors (Lipinski definition) is 1. The average molecular weight is 376 g/mol. The van der Waals surface area contributed by atoms with Gasteiger partial charge < -0.3 is 0 Å². The number of nitrogens with one attached hydrogen (secondary N) is 1. The number of aromatic nitrogens is 4. The fourth-order valence-corrected chi connectivity index (χ4v) is 2.70. The van der Waals surface area contributed by atoms with E-state index in [1.807, 2.05) is 48.5 Å². The molecule has 0 atom stereocenters. The molecule has 1 amide bonds. The Kier molecular flexibility index (Phi) is 4.63. The molecule has 6 nitrogen and oxygen atoms in total. The number of halogens is 1. The standard InChI is InChI=1S/C20H14ClN5O/c21-16-9-6-14(7-10-16)8-11-18(27)23-19-24-20-22-13-12-17(26(20)25-19)15-4-2-1-3-5-15/h1-13H,(H,23,25,27). The molecule has 132 valence electrons. The fourth-order valence-electron chi connectivity index (χ4n) is 2.57. The first-order valence-corrected chi connectivity index (χ1v) is 8.59. The molecule has 2 aromatic carbocycles. The lowest BCUT2D eigenvalue weighted by molar-refractivity contribution is -0.111. The van der Waals surface area contributed by atoms with Crippen LogP contribution in [-0.2, 0) is 4.79 Å². The molecule has 0 radical (unpaired) electrons. The zero-order valence-corrected chi connectivity index (χ0v) is 14.8. The molecule has 0 aliphatic rings. The highest BCUT2D eigenvalue weighted by Crippen LogP contribution is 2.19. The van der Waals surface area contributed by atoms with E-state index < -0.39 is 0 Å². The molecule has 4 aromatic rings. The Bertz CT molecular complexity index is 1120. The molecule has 0 aliphatic carbocycles. The van der Waals surface area contributed by atoms with Crippen LogP contribution in [0.1, 0.15) is 5.56 Å². The van der Waals surface area contributed by atoms with E-state index in [4.69, 9.17) is 11.6 Å². The number of hydrogen-bond acceptors (Lipinski definition) is 4. The fraction of sp³-hybridized carbons (Fsp3) is 0. The van der Waals surface area contributed by atoms with Crippen LogP contribution in [0.3, 0.4) is 0 Å². The summed E-state index contributed by atoms with van der Waals surface area (Å²) in [6.45, 7) is 0. The summed E-state index contributed by atoms with van der Waals surface area (Å²) in [4.78, 5) is 20.6. The second-order valence-electron chi connectivity index (χ2n) is 5.72. The van der Waals surface area contributed by atoms with Crippen LogP contribution in [0.15, 0.2) is 72.9 Å². The van der Waals surface area contributed by atoms with Crippen molar-refractivity contribution in [3.63, 3.8) is 0 Å². The molecule has 0 fully saturated rings. The van der Waals surface area contributed by atoms with Gasteiger partial charge in [-0.05, 0) is 29.8 Å². The first-order valence-electron chi connectivity index (χ1n) is 8.21. The van der Waals surface area contributed by atoms with E-state index in [1.54, 1.807) is 28.9 Å². The third-order valence-corrected chi connectivity index (χ3v) is 4.09. The molecule has 0 bridgehead atoms. The number of nitrogens with zero attached hydrogens (tertiary/aromatic N) is 4. The third-order valence-electron chi connectivity index (χ3n) is 3.84. The van der Waals surface area contributed by atoms with E-state index in [0.717, 1.165) is 16.8 Å². The maximum Gasteiger partial charge on any atom is 0.254 e. The first kappa shape index (κ1) is 16.9. The average Bonchev–Trinajstić information content (AvgIpc) is 3.10. The molecular weight excluding hydrogens is 362 g/mol. The van der Waals surface area contributed by atoms with Crippen LogP contribution in [0.5, 0.6) is 0 Å². The molecule has 4 rings (SSSR count). The van der Waals surface area contributed by atoms with Gasteiger partial charge in [-0.2, -0.15) is 9.50 Å². The predicted octanol–water partition coefficient (Wildman–Crippen LogP) is 4.10. The van der Waals surface area contributed by atoms with Crippen molar-refractivity contribution in [3.8, 4) is 11.3 Å². The highest BCUT2D eigenvalue weighted by molar-refractivity contribution is 6.30. The van der Waals surface area contributed by atoms with Gasteiger partial charge >= 0.3 is 0 Å². The minimum atomic E-state index is -0.331. The summed E-state index contributed by atoms with van der Waals surface area (Å²) in [6.07, 6.45) is 4.77. The predicted molar refractivity (Wildman–Crippen MR) is 105 cm³/mol. The molecule has 7 heteroatoms. The van der Waals surface area contributed by atoms with Gasteiger partial charge in [0, 0.05) is 22.9 Å². The number of benzene rings is 2. The zero-order chi connectivity index (χ0) is 18.6.